The van der Waals surface area contributed by atoms with Crippen LogP contribution in [0, 0.1) is 0 Å². The Morgan fingerprint density at radius 2 is 2.18 bits per heavy atom. The van der Waals surface area contributed by atoms with Crippen molar-refractivity contribution in [3.05, 3.63) is 23.9 Å². The predicted molar refractivity (Wildman–Crippen MR) is 86.9 cm³/mol. The summed E-state index contributed by atoms with van der Waals surface area (Å²) >= 11 is 0. The van der Waals surface area contributed by atoms with Gasteiger partial charge in [-0.05, 0) is 37.4 Å². The molecule has 22 heavy (non-hydrogen) atoms. The number of carbonyl (C=O) groups excluding carboxylic acids is 1. The number of urea groups is 1. The largest absolute Gasteiger partial charge is 0.363 e. The molecule has 2 fully saturated rings. The first kappa shape index (κ1) is 15.1. The third-order valence-corrected chi connectivity index (χ3v) is 4.60. The van der Waals surface area contributed by atoms with Crippen molar-refractivity contribution in [2.75, 3.05) is 32.1 Å². The number of rotatable bonds is 3. The third kappa shape index (κ3) is 3.16. The number of nitrogens with one attached hydrogen (secondary N) is 2. The SMILES string of the molecule is CN(C)c1ccc(CNC(=O)N2C3CCNCC2CC3)cn1. The zero-order chi connectivity index (χ0) is 15.5. The predicted octanol–water partition coefficient (Wildman–Crippen LogP) is 1.18. The number of carbonyl (C=O) groups is 1. The molecular weight excluding hydrogens is 278 g/mol. The first-order chi connectivity index (χ1) is 10.6. The van der Waals surface area contributed by atoms with Gasteiger partial charge in [0, 0.05) is 45.5 Å². The molecule has 6 heteroatoms. The molecule has 2 aliphatic heterocycles. The highest BCUT2D eigenvalue weighted by molar-refractivity contribution is 5.75. The van der Waals surface area contributed by atoms with Crippen LogP contribution in [-0.2, 0) is 6.54 Å². The van der Waals surface area contributed by atoms with Crippen LogP contribution in [0.15, 0.2) is 18.3 Å². The maximum Gasteiger partial charge on any atom is 0.318 e. The fraction of sp³-hybridized carbons (Fsp3) is 0.625. The molecule has 3 heterocycles. The van der Waals surface area contributed by atoms with E-state index < -0.39 is 0 Å². The molecule has 2 saturated heterocycles. The highest BCUT2D eigenvalue weighted by Crippen LogP contribution is 2.27. The number of hydrogen-bond acceptors (Lipinski definition) is 4. The zero-order valence-corrected chi connectivity index (χ0v) is 13.4. The lowest BCUT2D eigenvalue weighted by Crippen LogP contribution is -2.47. The van der Waals surface area contributed by atoms with E-state index in [0.717, 1.165) is 43.7 Å². The molecule has 0 aromatic carbocycles. The summed E-state index contributed by atoms with van der Waals surface area (Å²) in [7, 11) is 3.93. The summed E-state index contributed by atoms with van der Waals surface area (Å²) in [5.41, 5.74) is 1.03. The highest BCUT2D eigenvalue weighted by atomic mass is 16.2. The molecule has 0 spiro atoms. The lowest BCUT2D eigenvalue weighted by molar-refractivity contribution is 0.176. The van der Waals surface area contributed by atoms with Gasteiger partial charge in [0.15, 0.2) is 0 Å². The number of pyridine rings is 1. The van der Waals surface area contributed by atoms with Crippen LogP contribution >= 0.6 is 0 Å². The van der Waals surface area contributed by atoms with E-state index in [-0.39, 0.29) is 6.03 Å². The van der Waals surface area contributed by atoms with Crippen LogP contribution < -0.4 is 15.5 Å². The van der Waals surface area contributed by atoms with Crippen molar-refractivity contribution >= 4 is 11.8 Å². The van der Waals surface area contributed by atoms with Gasteiger partial charge in [0.2, 0.25) is 0 Å². The van der Waals surface area contributed by atoms with Crippen molar-refractivity contribution in [1.29, 1.82) is 0 Å². The minimum atomic E-state index is 0.0629. The molecule has 0 radical (unpaired) electrons. The second-order valence-electron chi connectivity index (χ2n) is 6.36. The molecule has 1 aromatic rings. The molecule has 120 valence electrons. The summed E-state index contributed by atoms with van der Waals surface area (Å²) in [6.07, 6.45) is 5.14. The molecular formula is C16H25N5O. The van der Waals surface area contributed by atoms with Gasteiger partial charge in [-0.25, -0.2) is 9.78 Å². The Morgan fingerprint density at radius 3 is 2.91 bits per heavy atom. The molecule has 0 aliphatic carbocycles. The van der Waals surface area contributed by atoms with Crippen LogP contribution in [0.4, 0.5) is 10.6 Å². The van der Waals surface area contributed by atoms with Gasteiger partial charge >= 0.3 is 6.03 Å². The Labute approximate surface area is 131 Å². The second-order valence-corrected chi connectivity index (χ2v) is 6.36. The Kier molecular flexibility index (Phi) is 4.47. The first-order valence-electron chi connectivity index (χ1n) is 8.04. The van der Waals surface area contributed by atoms with Crippen molar-refractivity contribution in [3.63, 3.8) is 0 Å². The maximum absolute atomic E-state index is 12.5. The number of fused-ring (bicyclic) bond motifs is 2. The molecule has 0 saturated carbocycles. The quantitative estimate of drug-likeness (QED) is 0.880. The number of nitrogens with zero attached hydrogens (tertiary/aromatic N) is 3. The number of aromatic nitrogens is 1. The number of amides is 2. The van der Waals surface area contributed by atoms with Crippen LogP contribution in [0.25, 0.3) is 0 Å². The highest BCUT2D eigenvalue weighted by Gasteiger charge is 2.37. The van der Waals surface area contributed by atoms with Gasteiger partial charge in [-0.2, -0.15) is 0 Å². The lowest BCUT2D eigenvalue weighted by Gasteiger charge is -2.28. The maximum atomic E-state index is 12.5. The van der Waals surface area contributed by atoms with Crippen molar-refractivity contribution in [2.24, 2.45) is 0 Å². The smallest absolute Gasteiger partial charge is 0.318 e. The van der Waals surface area contributed by atoms with Gasteiger partial charge in [0.25, 0.3) is 0 Å². The average Bonchev–Trinajstić information content (AvgIpc) is 2.78. The molecule has 6 nitrogen and oxygen atoms in total. The van der Waals surface area contributed by atoms with E-state index in [1.807, 2.05) is 37.3 Å². The third-order valence-electron chi connectivity index (χ3n) is 4.60. The average molecular weight is 303 g/mol. The number of hydrogen-bond donors (Lipinski definition) is 2. The topological polar surface area (TPSA) is 60.5 Å². The fourth-order valence-corrected chi connectivity index (χ4v) is 3.37. The Morgan fingerprint density at radius 1 is 1.36 bits per heavy atom. The second kappa shape index (κ2) is 6.52. The van der Waals surface area contributed by atoms with Crippen molar-refractivity contribution in [1.82, 2.24) is 20.5 Å². The molecule has 2 N–H and O–H groups in total. The summed E-state index contributed by atoms with van der Waals surface area (Å²) in [4.78, 5) is 20.9. The van der Waals surface area contributed by atoms with Gasteiger partial charge in [-0.1, -0.05) is 6.07 Å². The monoisotopic (exact) mass is 303 g/mol. The molecule has 1 aromatic heterocycles. The van der Waals surface area contributed by atoms with E-state index in [1.54, 1.807) is 0 Å². The van der Waals surface area contributed by atoms with Crippen LogP contribution in [0.2, 0.25) is 0 Å². The summed E-state index contributed by atoms with van der Waals surface area (Å²) < 4.78 is 0. The normalized spacial score (nSPS) is 24.0. The minimum Gasteiger partial charge on any atom is -0.363 e. The molecule has 2 bridgehead atoms. The van der Waals surface area contributed by atoms with E-state index in [1.165, 1.54) is 0 Å². The molecule has 3 rings (SSSR count). The van der Waals surface area contributed by atoms with E-state index in [0.29, 0.717) is 18.6 Å². The molecule has 2 amide bonds. The van der Waals surface area contributed by atoms with Crippen LogP contribution in [0.5, 0.6) is 0 Å². The van der Waals surface area contributed by atoms with Gasteiger partial charge in [-0.15, -0.1) is 0 Å². The van der Waals surface area contributed by atoms with E-state index in [2.05, 4.69) is 20.5 Å². The first-order valence-corrected chi connectivity index (χ1v) is 8.04. The van der Waals surface area contributed by atoms with Crippen LogP contribution in [0.3, 0.4) is 0 Å². The zero-order valence-electron chi connectivity index (χ0n) is 13.4. The van der Waals surface area contributed by atoms with Crippen molar-refractivity contribution in [3.8, 4) is 0 Å². The summed E-state index contributed by atoms with van der Waals surface area (Å²) in [5, 5.41) is 6.47. The van der Waals surface area contributed by atoms with E-state index in [4.69, 9.17) is 0 Å². The fourth-order valence-electron chi connectivity index (χ4n) is 3.37. The Hall–Kier alpha value is -1.82. The molecule has 2 aliphatic rings. The molecule has 2 unspecified atom stereocenters. The van der Waals surface area contributed by atoms with Gasteiger partial charge < -0.3 is 20.4 Å². The summed E-state index contributed by atoms with van der Waals surface area (Å²) in [6, 6.07) is 4.80. The number of anilines is 1. The Balaban J connectivity index is 1.58. The van der Waals surface area contributed by atoms with Gasteiger partial charge in [0.1, 0.15) is 5.82 Å². The van der Waals surface area contributed by atoms with Crippen molar-refractivity contribution < 1.29 is 4.79 Å². The standard InChI is InChI=1S/C16H25N5O/c1-20(2)15-6-3-12(9-18-15)10-19-16(22)21-13-4-5-14(21)11-17-8-7-13/h3,6,9,13-14,17H,4-5,7-8,10-11H2,1-2H3,(H,19,22). The van der Waals surface area contributed by atoms with Crippen molar-refractivity contribution in [2.45, 2.75) is 37.9 Å². The van der Waals surface area contributed by atoms with Gasteiger partial charge in [0.05, 0.1) is 0 Å². The minimum absolute atomic E-state index is 0.0629. The summed E-state index contributed by atoms with van der Waals surface area (Å²) in [6.45, 7) is 2.47. The van der Waals surface area contributed by atoms with E-state index in [9.17, 15) is 4.79 Å². The van der Waals surface area contributed by atoms with Gasteiger partial charge in [-0.3, -0.25) is 0 Å². The summed E-state index contributed by atoms with van der Waals surface area (Å²) in [5.74, 6) is 0.923. The van der Waals surface area contributed by atoms with Crippen LogP contribution in [-0.4, -0.2) is 55.2 Å². The Bertz CT molecular complexity index is 502. The molecule has 2 atom stereocenters. The van der Waals surface area contributed by atoms with E-state index >= 15 is 0 Å². The lowest BCUT2D eigenvalue weighted by atomic mass is 10.1. The van der Waals surface area contributed by atoms with Crippen LogP contribution in [0.1, 0.15) is 24.8 Å².